The Hall–Kier alpha value is -3.80. The van der Waals surface area contributed by atoms with Crippen LogP contribution in [-0.4, -0.2) is 82.1 Å². The number of fused-ring (bicyclic) bond motifs is 1. The quantitative estimate of drug-likeness (QED) is 0.483. The van der Waals surface area contributed by atoms with Gasteiger partial charge >= 0.3 is 0 Å². The topological polar surface area (TPSA) is 125 Å². The van der Waals surface area contributed by atoms with Crippen molar-refractivity contribution in [2.75, 3.05) is 50.6 Å². The molecule has 1 saturated heterocycles. The molecule has 35 heavy (non-hydrogen) atoms. The van der Waals surface area contributed by atoms with Crippen molar-refractivity contribution in [2.45, 2.75) is 20.3 Å². The second-order valence-electron chi connectivity index (χ2n) is 8.43. The standard InChI is InChI=1S/C22H28FN7O2.CH2O2/c1-5-32-21-17(9-24-22(27-21)29-7-6-15(12-29)11-28(3)4)20(31)26-16-8-18(23)19-25-14(2)10-30(19)13-16;2-1-3/h8-10,13,15H,5-7,11-12H2,1-4H3,(H,26,31);1H,(H,2,3). The van der Waals surface area contributed by atoms with Gasteiger partial charge < -0.3 is 29.4 Å². The van der Waals surface area contributed by atoms with Crippen molar-refractivity contribution in [3.05, 3.63) is 41.7 Å². The number of carboxylic acid groups (broad SMARTS) is 1. The number of rotatable bonds is 7. The van der Waals surface area contributed by atoms with Crippen molar-refractivity contribution in [3.63, 3.8) is 0 Å². The summed E-state index contributed by atoms with van der Waals surface area (Å²) in [6.07, 6.45) is 5.84. The van der Waals surface area contributed by atoms with Crippen LogP contribution in [0.3, 0.4) is 0 Å². The first kappa shape index (κ1) is 25.8. The summed E-state index contributed by atoms with van der Waals surface area (Å²) in [5.74, 6) is 0.318. The van der Waals surface area contributed by atoms with Crippen molar-refractivity contribution < 1.29 is 23.8 Å². The summed E-state index contributed by atoms with van der Waals surface area (Å²) in [6, 6.07) is 1.24. The molecule has 1 unspecified atom stereocenters. The van der Waals surface area contributed by atoms with Gasteiger partial charge in [-0.2, -0.15) is 4.98 Å². The molecule has 0 saturated carbocycles. The monoisotopic (exact) mass is 487 g/mol. The number of carbonyl (C=O) groups is 2. The summed E-state index contributed by atoms with van der Waals surface area (Å²) in [7, 11) is 4.13. The van der Waals surface area contributed by atoms with Gasteiger partial charge in [-0.25, -0.2) is 14.4 Å². The number of imidazole rings is 1. The maximum absolute atomic E-state index is 14.4. The summed E-state index contributed by atoms with van der Waals surface area (Å²) in [5, 5.41) is 9.60. The van der Waals surface area contributed by atoms with E-state index >= 15 is 0 Å². The molecule has 1 aliphatic heterocycles. The lowest BCUT2D eigenvalue weighted by Gasteiger charge is -2.19. The zero-order chi connectivity index (χ0) is 25.5. The lowest BCUT2D eigenvalue weighted by molar-refractivity contribution is -0.122. The molecule has 11 nitrogen and oxygen atoms in total. The zero-order valence-corrected chi connectivity index (χ0v) is 20.2. The Morgan fingerprint density at radius 3 is 2.80 bits per heavy atom. The number of amides is 1. The van der Waals surface area contributed by atoms with Crippen LogP contribution in [-0.2, 0) is 4.79 Å². The Bertz CT molecular complexity index is 1180. The number of aromatic nitrogens is 4. The summed E-state index contributed by atoms with van der Waals surface area (Å²) in [6.45, 7) is 6.44. The molecule has 188 valence electrons. The number of pyridine rings is 1. The van der Waals surface area contributed by atoms with Crippen LogP contribution in [0.1, 0.15) is 29.4 Å². The minimum atomic E-state index is -0.520. The lowest BCUT2D eigenvalue weighted by Crippen LogP contribution is -2.27. The fourth-order valence-corrected chi connectivity index (χ4v) is 4.04. The molecule has 0 aliphatic carbocycles. The van der Waals surface area contributed by atoms with E-state index in [9.17, 15) is 9.18 Å². The molecule has 1 fully saturated rings. The fraction of sp³-hybridized carbons (Fsp3) is 0.435. The second-order valence-corrected chi connectivity index (χ2v) is 8.43. The Kier molecular flexibility index (Phi) is 8.53. The summed E-state index contributed by atoms with van der Waals surface area (Å²) in [4.78, 5) is 38.7. The van der Waals surface area contributed by atoms with Crippen LogP contribution in [0.25, 0.3) is 5.65 Å². The molecule has 0 aromatic carbocycles. The number of halogens is 1. The van der Waals surface area contributed by atoms with Crippen molar-refractivity contribution in [1.82, 2.24) is 24.3 Å². The van der Waals surface area contributed by atoms with Gasteiger partial charge in [0.2, 0.25) is 11.8 Å². The van der Waals surface area contributed by atoms with E-state index in [1.165, 1.54) is 12.3 Å². The Balaban J connectivity index is 0.00000108. The van der Waals surface area contributed by atoms with E-state index in [4.69, 9.17) is 14.6 Å². The van der Waals surface area contributed by atoms with Crippen molar-refractivity contribution in [2.24, 2.45) is 5.92 Å². The van der Waals surface area contributed by atoms with E-state index in [1.807, 2.05) is 6.92 Å². The Morgan fingerprint density at radius 1 is 1.37 bits per heavy atom. The highest BCUT2D eigenvalue weighted by molar-refractivity contribution is 6.05. The van der Waals surface area contributed by atoms with Crippen molar-refractivity contribution in [3.8, 4) is 5.88 Å². The van der Waals surface area contributed by atoms with Crippen LogP contribution in [0.2, 0.25) is 0 Å². The predicted octanol–water partition coefficient (Wildman–Crippen LogP) is 2.31. The van der Waals surface area contributed by atoms with Crippen molar-refractivity contribution >= 4 is 29.7 Å². The molecule has 0 bridgehead atoms. The third kappa shape index (κ3) is 6.41. The summed E-state index contributed by atoms with van der Waals surface area (Å²) < 4.78 is 21.5. The molecule has 1 atom stereocenters. The van der Waals surface area contributed by atoms with Crippen LogP contribution in [0.4, 0.5) is 16.0 Å². The van der Waals surface area contributed by atoms with E-state index < -0.39 is 11.7 Å². The molecular weight excluding hydrogens is 457 g/mol. The first-order chi connectivity index (χ1) is 16.7. The molecule has 0 spiro atoms. The van der Waals surface area contributed by atoms with Gasteiger partial charge in [0.05, 0.1) is 18.0 Å². The number of hydrogen-bond acceptors (Lipinski definition) is 8. The number of hydrogen-bond donors (Lipinski definition) is 2. The van der Waals surface area contributed by atoms with E-state index in [0.29, 0.717) is 29.9 Å². The van der Waals surface area contributed by atoms with E-state index in [2.05, 4.69) is 44.2 Å². The largest absolute Gasteiger partial charge is 0.483 e. The molecule has 3 aromatic rings. The number of carbonyl (C=O) groups excluding carboxylic acids is 1. The minimum Gasteiger partial charge on any atom is -0.483 e. The van der Waals surface area contributed by atoms with Crippen LogP contribution in [0.15, 0.2) is 24.7 Å². The Morgan fingerprint density at radius 2 is 2.11 bits per heavy atom. The van der Waals surface area contributed by atoms with Gasteiger partial charge in [0.25, 0.3) is 12.4 Å². The third-order valence-electron chi connectivity index (χ3n) is 5.34. The highest BCUT2D eigenvalue weighted by Crippen LogP contribution is 2.25. The number of nitrogens with zero attached hydrogens (tertiary/aromatic N) is 6. The second kappa shape index (κ2) is 11.6. The van der Waals surface area contributed by atoms with Crippen LogP contribution in [0, 0.1) is 18.7 Å². The van der Waals surface area contributed by atoms with Gasteiger partial charge in [-0.3, -0.25) is 9.59 Å². The first-order valence-electron chi connectivity index (χ1n) is 11.2. The molecule has 12 heteroatoms. The summed E-state index contributed by atoms with van der Waals surface area (Å²) >= 11 is 0. The number of aryl methyl sites for hydroxylation is 1. The molecule has 2 N–H and O–H groups in total. The maximum atomic E-state index is 14.4. The van der Waals surface area contributed by atoms with Crippen molar-refractivity contribution in [1.29, 1.82) is 0 Å². The smallest absolute Gasteiger partial charge is 0.290 e. The SMILES string of the molecule is CCOc1nc(N2CCC(CN(C)C)C2)ncc1C(=O)Nc1cc(F)c2nc(C)cn2c1.O=CO. The van der Waals surface area contributed by atoms with Gasteiger partial charge in [-0.15, -0.1) is 0 Å². The number of ether oxygens (including phenoxy) is 1. The summed E-state index contributed by atoms with van der Waals surface area (Å²) in [5.41, 5.74) is 1.39. The Labute approximate surface area is 202 Å². The first-order valence-corrected chi connectivity index (χ1v) is 11.2. The van der Waals surface area contributed by atoms with E-state index in [-0.39, 0.29) is 23.6 Å². The van der Waals surface area contributed by atoms with Crippen LogP contribution in [0.5, 0.6) is 5.88 Å². The molecule has 3 aromatic heterocycles. The molecule has 1 amide bonds. The van der Waals surface area contributed by atoms with E-state index in [1.54, 1.807) is 23.7 Å². The van der Waals surface area contributed by atoms with Gasteiger partial charge in [0, 0.05) is 44.3 Å². The fourth-order valence-electron chi connectivity index (χ4n) is 4.04. The average molecular weight is 488 g/mol. The molecule has 4 heterocycles. The van der Waals surface area contributed by atoms with Gasteiger partial charge in [-0.05, 0) is 40.3 Å². The number of anilines is 2. The zero-order valence-electron chi connectivity index (χ0n) is 20.2. The van der Waals surface area contributed by atoms with Gasteiger partial charge in [0.1, 0.15) is 5.56 Å². The highest BCUT2D eigenvalue weighted by Gasteiger charge is 2.26. The lowest BCUT2D eigenvalue weighted by atomic mass is 10.1. The minimum absolute atomic E-state index is 0.196. The van der Waals surface area contributed by atoms with E-state index in [0.717, 1.165) is 26.1 Å². The normalized spacial score (nSPS) is 15.1. The molecular formula is C23H30FN7O4. The molecule has 4 rings (SSSR count). The molecule has 0 radical (unpaired) electrons. The molecule has 1 aliphatic rings. The predicted molar refractivity (Wildman–Crippen MR) is 129 cm³/mol. The third-order valence-corrected chi connectivity index (χ3v) is 5.34. The maximum Gasteiger partial charge on any atom is 0.290 e. The van der Waals surface area contributed by atoms with Gasteiger partial charge in [-0.1, -0.05) is 0 Å². The average Bonchev–Trinajstić information content (AvgIpc) is 3.40. The van der Waals surface area contributed by atoms with Crippen LogP contribution >= 0.6 is 0 Å². The highest BCUT2D eigenvalue weighted by atomic mass is 19.1. The number of nitrogens with one attached hydrogen (secondary N) is 1. The van der Waals surface area contributed by atoms with Crippen LogP contribution < -0.4 is 15.0 Å². The van der Waals surface area contributed by atoms with Gasteiger partial charge in [0.15, 0.2) is 11.5 Å².